The molecule has 12 heteroatoms. The maximum absolute atomic E-state index is 13.3. The van der Waals surface area contributed by atoms with Crippen molar-refractivity contribution in [2.45, 2.75) is 20.4 Å². The molecule has 0 saturated heterocycles. The smallest absolute Gasteiger partial charge is 0.302 e. The van der Waals surface area contributed by atoms with Crippen molar-refractivity contribution in [3.05, 3.63) is 45.1 Å². The van der Waals surface area contributed by atoms with Crippen LogP contribution in [0.4, 0.5) is 0 Å². The second kappa shape index (κ2) is 9.73. The maximum atomic E-state index is 13.3. The Balaban J connectivity index is 2.00. The lowest BCUT2D eigenvalue weighted by atomic mass is 9.98. The summed E-state index contributed by atoms with van der Waals surface area (Å²) >= 11 is 3.38. The summed E-state index contributed by atoms with van der Waals surface area (Å²) in [5.41, 5.74) is 1.55. The Morgan fingerprint density at radius 3 is 2.66 bits per heavy atom. The molecule has 0 aliphatic heterocycles. The Labute approximate surface area is 191 Å². The van der Waals surface area contributed by atoms with E-state index in [2.05, 4.69) is 41.6 Å². The second-order valence-corrected chi connectivity index (χ2v) is 7.54. The van der Waals surface area contributed by atoms with Gasteiger partial charge in [-0.3, -0.25) is 14.4 Å². The van der Waals surface area contributed by atoms with Gasteiger partial charge in [0.1, 0.15) is 18.1 Å². The summed E-state index contributed by atoms with van der Waals surface area (Å²) < 4.78 is 10.7. The van der Waals surface area contributed by atoms with E-state index in [-0.39, 0.29) is 36.0 Å². The number of tetrazole rings is 1. The number of nitrogens with one attached hydrogen (secondary N) is 2. The Morgan fingerprint density at radius 1 is 1.28 bits per heavy atom. The van der Waals surface area contributed by atoms with Crippen LogP contribution in [0, 0.1) is 6.92 Å². The Bertz CT molecular complexity index is 1190. The molecular formula is C20H21BrN6O5. The number of esters is 1. The van der Waals surface area contributed by atoms with Gasteiger partial charge >= 0.3 is 5.97 Å². The number of methoxy groups -OCH3 is 1. The third-order valence-electron chi connectivity index (χ3n) is 4.62. The van der Waals surface area contributed by atoms with Crippen LogP contribution in [0.15, 0.2) is 22.7 Å². The standard InChI is InChI=1S/C20H21BrN6O5/c1-10-15(18(29)12-5-6-14(31-4)13(21)9-12)17(20(30)22-3)23-16(10)19-24-26-27(25-19)7-8-32-11(2)28/h5-6,9,23H,7-8H2,1-4H3,(H,22,30). The van der Waals surface area contributed by atoms with Crippen LogP contribution >= 0.6 is 15.9 Å². The van der Waals surface area contributed by atoms with E-state index in [1.54, 1.807) is 25.1 Å². The second-order valence-electron chi connectivity index (χ2n) is 6.68. The summed E-state index contributed by atoms with van der Waals surface area (Å²) in [5.74, 6) is -0.444. The molecule has 0 unspecified atom stereocenters. The van der Waals surface area contributed by atoms with Crippen LogP contribution in [0.1, 0.15) is 38.9 Å². The summed E-state index contributed by atoms with van der Waals surface area (Å²) in [7, 11) is 3.00. The summed E-state index contributed by atoms with van der Waals surface area (Å²) in [6, 6.07) is 4.91. The molecule has 1 aromatic carbocycles. The summed E-state index contributed by atoms with van der Waals surface area (Å²) in [4.78, 5) is 41.0. The number of ether oxygens (including phenoxy) is 2. The van der Waals surface area contributed by atoms with E-state index >= 15 is 0 Å². The number of halogens is 1. The van der Waals surface area contributed by atoms with E-state index in [1.165, 1.54) is 25.9 Å². The van der Waals surface area contributed by atoms with Gasteiger partial charge in [-0.1, -0.05) is 0 Å². The fourth-order valence-electron chi connectivity index (χ4n) is 3.06. The predicted molar refractivity (Wildman–Crippen MR) is 116 cm³/mol. The fourth-order valence-corrected chi connectivity index (χ4v) is 3.60. The third kappa shape index (κ3) is 4.69. The van der Waals surface area contributed by atoms with E-state index in [0.717, 1.165) is 0 Å². The number of ketones is 1. The Hall–Kier alpha value is -3.54. The molecule has 1 amide bonds. The van der Waals surface area contributed by atoms with Crippen molar-refractivity contribution < 1.29 is 23.9 Å². The minimum absolute atomic E-state index is 0.0909. The van der Waals surface area contributed by atoms with Crippen LogP contribution in [0.25, 0.3) is 11.5 Å². The average Bonchev–Trinajstić information content (AvgIpc) is 3.36. The van der Waals surface area contributed by atoms with Crippen molar-refractivity contribution in [2.24, 2.45) is 0 Å². The van der Waals surface area contributed by atoms with E-state index < -0.39 is 11.9 Å². The number of carbonyl (C=O) groups excluding carboxylic acids is 3. The van der Waals surface area contributed by atoms with Gasteiger partial charge in [0, 0.05) is 19.5 Å². The molecular weight excluding hydrogens is 484 g/mol. The SMILES string of the molecule is CNC(=O)c1[nH]c(-c2nnn(CCOC(C)=O)n2)c(C)c1C(=O)c1ccc(OC)c(Br)c1. The van der Waals surface area contributed by atoms with Gasteiger partial charge in [0.25, 0.3) is 5.91 Å². The lowest BCUT2D eigenvalue weighted by Crippen LogP contribution is -2.21. The molecule has 0 atom stereocenters. The molecule has 32 heavy (non-hydrogen) atoms. The Kier molecular flexibility index (Phi) is 7.03. The highest BCUT2D eigenvalue weighted by atomic mass is 79.9. The van der Waals surface area contributed by atoms with Crippen molar-refractivity contribution in [1.82, 2.24) is 30.5 Å². The number of carbonyl (C=O) groups is 3. The van der Waals surface area contributed by atoms with Crippen LogP contribution in [-0.2, 0) is 16.1 Å². The third-order valence-corrected chi connectivity index (χ3v) is 5.24. The van der Waals surface area contributed by atoms with E-state index in [4.69, 9.17) is 9.47 Å². The first-order valence-corrected chi connectivity index (χ1v) is 10.3. The van der Waals surface area contributed by atoms with Crippen LogP contribution in [-0.4, -0.2) is 63.6 Å². The zero-order valence-corrected chi connectivity index (χ0v) is 19.4. The molecule has 2 aromatic heterocycles. The summed E-state index contributed by atoms with van der Waals surface area (Å²) in [6.45, 7) is 3.31. The predicted octanol–water partition coefficient (Wildman–Crippen LogP) is 1.90. The lowest BCUT2D eigenvalue weighted by molar-refractivity contribution is -0.141. The molecule has 168 valence electrons. The number of nitrogens with zero attached hydrogens (tertiary/aromatic N) is 4. The molecule has 11 nitrogen and oxygen atoms in total. The van der Waals surface area contributed by atoms with Crippen molar-refractivity contribution in [3.8, 4) is 17.3 Å². The topological polar surface area (TPSA) is 141 Å². The van der Waals surface area contributed by atoms with E-state index in [1.807, 2.05) is 0 Å². The monoisotopic (exact) mass is 504 g/mol. The normalized spacial score (nSPS) is 10.7. The Morgan fingerprint density at radius 2 is 2.03 bits per heavy atom. The van der Waals surface area contributed by atoms with Gasteiger partial charge in [0.2, 0.25) is 5.82 Å². The maximum Gasteiger partial charge on any atom is 0.302 e. The average molecular weight is 505 g/mol. The van der Waals surface area contributed by atoms with Crippen molar-refractivity contribution in [1.29, 1.82) is 0 Å². The molecule has 0 saturated carbocycles. The number of hydrogen-bond donors (Lipinski definition) is 2. The lowest BCUT2D eigenvalue weighted by Gasteiger charge is -2.07. The van der Waals surface area contributed by atoms with Crippen LogP contribution in [0.5, 0.6) is 5.75 Å². The quantitative estimate of drug-likeness (QED) is 0.349. The molecule has 0 bridgehead atoms. The van der Waals surface area contributed by atoms with Gasteiger partial charge < -0.3 is 19.8 Å². The van der Waals surface area contributed by atoms with Crippen molar-refractivity contribution in [2.75, 3.05) is 20.8 Å². The molecule has 2 heterocycles. The zero-order chi connectivity index (χ0) is 23.4. The largest absolute Gasteiger partial charge is 0.496 e. The number of amides is 1. The number of H-pyrrole nitrogens is 1. The summed E-state index contributed by atoms with van der Waals surface area (Å²) in [5, 5.41) is 14.7. The first-order valence-electron chi connectivity index (χ1n) is 9.51. The number of rotatable bonds is 8. The summed E-state index contributed by atoms with van der Waals surface area (Å²) in [6.07, 6.45) is 0. The molecule has 3 aromatic rings. The highest BCUT2D eigenvalue weighted by Crippen LogP contribution is 2.30. The number of aromatic nitrogens is 5. The number of aromatic amines is 1. The minimum Gasteiger partial charge on any atom is -0.496 e. The highest BCUT2D eigenvalue weighted by molar-refractivity contribution is 9.10. The van der Waals surface area contributed by atoms with Gasteiger partial charge in [-0.15, -0.1) is 10.2 Å². The molecule has 0 radical (unpaired) electrons. The molecule has 0 spiro atoms. The van der Waals surface area contributed by atoms with Gasteiger partial charge in [-0.25, -0.2) is 0 Å². The number of benzene rings is 1. The first-order chi connectivity index (χ1) is 15.3. The molecule has 0 aliphatic rings. The van der Waals surface area contributed by atoms with Crippen LogP contribution in [0.2, 0.25) is 0 Å². The van der Waals surface area contributed by atoms with Gasteiger partial charge in [-0.2, -0.15) is 4.80 Å². The van der Waals surface area contributed by atoms with Crippen LogP contribution < -0.4 is 10.1 Å². The fraction of sp³-hybridized carbons (Fsp3) is 0.300. The van der Waals surface area contributed by atoms with E-state index in [9.17, 15) is 14.4 Å². The molecule has 0 aliphatic carbocycles. The van der Waals surface area contributed by atoms with Crippen molar-refractivity contribution >= 4 is 33.6 Å². The van der Waals surface area contributed by atoms with Gasteiger partial charge in [0.15, 0.2) is 5.78 Å². The molecule has 0 fully saturated rings. The van der Waals surface area contributed by atoms with Gasteiger partial charge in [0.05, 0.1) is 29.4 Å². The minimum atomic E-state index is -0.461. The zero-order valence-electron chi connectivity index (χ0n) is 17.9. The van der Waals surface area contributed by atoms with Crippen molar-refractivity contribution in [3.63, 3.8) is 0 Å². The number of hydrogen-bond acceptors (Lipinski definition) is 8. The molecule has 3 rings (SSSR count). The highest BCUT2D eigenvalue weighted by Gasteiger charge is 2.27. The van der Waals surface area contributed by atoms with Crippen LogP contribution in [0.3, 0.4) is 0 Å². The van der Waals surface area contributed by atoms with Gasteiger partial charge in [-0.05, 0) is 51.8 Å². The molecule has 2 N–H and O–H groups in total. The van der Waals surface area contributed by atoms with E-state index in [0.29, 0.717) is 27.0 Å². The first kappa shape index (κ1) is 23.1.